The average Bonchev–Trinajstić information content (AvgIpc) is 2.62. The quantitative estimate of drug-likeness (QED) is 0.844. The highest BCUT2D eigenvalue weighted by atomic mass is 32.2. The Morgan fingerprint density at radius 1 is 1.16 bits per heavy atom. The number of anilines is 1. The summed E-state index contributed by atoms with van der Waals surface area (Å²) in [5.74, 6) is -0.524. The summed E-state index contributed by atoms with van der Waals surface area (Å²) in [7, 11) is -3.96. The number of nitrogens with zero attached hydrogens (tertiary/aromatic N) is 1. The van der Waals surface area contributed by atoms with E-state index in [1.54, 1.807) is 11.8 Å². The SMILES string of the molecule is Nc1cc(S(=O)(=O)N2CCCSCC2)c(F)cc1F. The summed E-state index contributed by atoms with van der Waals surface area (Å²) in [5.41, 5.74) is 4.95. The molecule has 0 bridgehead atoms. The van der Waals surface area contributed by atoms with Gasteiger partial charge in [0.1, 0.15) is 16.5 Å². The van der Waals surface area contributed by atoms with Crippen LogP contribution in [0.4, 0.5) is 14.5 Å². The molecular weight excluding hydrogens is 294 g/mol. The van der Waals surface area contributed by atoms with Gasteiger partial charge in [0.2, 0.25) is 10.0 Å². The van der Waals surface area contributed by atoms with E-state index in [-0.39, 0.29) is 5.69 Å². The fourth-order valence-electron chi connectivity index (χ4n) is 1.85. The standard InChI is InChI=1S/C11H14F2N2O2S2/c12-8-6-9(13)11(7-10(8)14)19(16,17)15-2-1-4-18-5-3-15/h6-7H,1-5,14H2. The van der Waals surface area contributed by atoms with E-state index < -0.39 is 26.6 Å². The molecule has 0 radical (unpaired) electrons. The molecule has 0 atom stereocenters. The van der Waals surface area contributed by atoms with Crippen LogP contribution >= 0.6 is 11.8 Å². The zero-order valence-corrected chi connectivity index (χ0v) is 11.7. The van der Waals surface area contributed by atoms with Gasteiger partial charge in [0.25, 0.3) is 0 Å². The van der Waals surface area contributed by atoms with Crippen LogP contribution in [-0.2, 0) is 10.0 Å². The van der Waals surface area contributed by atoms with Crippen LogP contribution in [0.5, 0.6) is 0 Å². The molecule has 1 aliphatic rings. The lowest BCUT2D eigenvalue weighted by Gasteiger charge is -2.20. The molecule has 1 fully saturated rings. The first-order chi connectivity index (χ1) is 8.93. The Hall–Kier alpha value is -0.860. The van der Waals surface area contributed by atoms with E-state index in [2.05, 4.69) is 0 Å². The van der Waals surface area contributed by atoms with Gasteiger partial charge in [0, 0.05) is 24.9 Å². The van der Waals surface area contributed by atoms with E-state index in [9.17, 15) is 17.2 Å². The molecule has 1 aliphatic heterocycles. The maximum absolute atomic E-state index is 13.7. The molecule has 1 aromatic rings. The second-order valence-electron chi connectivity index (χ2n) is 4.17. The molecule has 4 nitrogen and oxygen atoms in total. The Morgan fingerprint density at radius 3 is 2.63 bits per heavy atom. The average molecular weight is 308 g/mol. The van der Waals surface area contributed by atoms with Gasteiger partial charge < -0.3 is 5.73 Å². The summed E-state index contributed by atoms with van der Waals surface area (Å²) in [6.45, 7) is 0.662. The molecule has 1 saturated heterocycles. The van der Waals surface area contributed by atoms with Gasteiger partial charge >= 0.3 is 0 Å². The fraction of sp³-hybridized carbons (Fsp3) is 0.455. The van der Waals surface area contributed by atoms with E-state index in [4.69, 9.17) is 5.73 Å². The minimum Gasteiger partial charge on any atom is -0.396 e. The Bertz CT molecular complexity index is 570. The number of hydrogen-bond acceptors (Lipinski definition) is 4. The molecule has 2 N–H and O–H groups in total. The number of halogens is 2. The second-order valence-corrected chi connectivity index (χ2v) is 7.31. The van der Waals surface area contributed by atoms with Crippen LogP contribution in [0, 0.1) is 11.6 Å². The molecule has 0 aliphatic carbocycles. The smallest absolute Gasteiger partial charge is 0.246 e. The number of hydrogen-bond donors (Lipinski definition) is 1. The maximum Gasteiger partial charge on any atom is 0.246 e. The van der Waals surface area contributed by atoms with Crippen molar-refractivity contribution in [3.05, 3.63) is 23.8 Å². The predicted molar refractivity (Wildman–Crippen MR) is 71.5 cm³/mol. The van der Waals surface area contributed by atoms with Gasteiger partial charge in [-0.2, -0.15) is 16.1 Å². The Balaban J connectivity index is 2.41. The molecule has 0 unspecified atom stereocenters. The first-order valence-corrected chi connectivity index (χ1v) is 8.35. The van der Waals surface area contributed by atoms with Gasteiger partial charge in [-0.25, -0.2) is 17.2 Å². The van der Waals surface area contributed by atoms with Crippen LogP contribution in [0.3, 0.4) is 0 Å². The number of nitrogen functional groups attached to an aromatic ring is 1. The van der Waals surface area contributed by atoms with Crippen molar-refractivity contribution in [2.45, 2.75) is 11.3 Å². The molecular formula is C11H14F2N2O2S2. The van der Waals surface area contributed by atoms with Gasteiger partial charge in [-0.05, 0) is 18.2 Å². The summed E-state index contributed by atoms with van der Waals surface area (Å²) in [5, 5.41) is 0. The maximum atomic E-state index is 13.7. The van der Waals surface area contributed by atoms with E-state index >= 15 is 0 Å². The Kier molecular flexibility index (Phi) is 4.32. The molecule has 0 aromatic heterocycles. The number of benzene rings is 1. The van der Waals surface area contributed by atoms with E-state index in [0.717, 1.165) is 11.8 Å². The van der Waals surface area contributed by atoms with E-state index in [1.807, 2.05) is 0 Å². The number of nitrogens with two attached hydrogens (primary N) is 1. The number of rotatable bonds is 2. The van der Waals surface area contributed by atoms with Crippen molar-refractivity contribution in [1.29, 1.82) is 0 Å². The lowest BCUT2D eigenvalue weighted by atomic mass is 10.3. The third-order valence-corrected chi connectivity index (χ3v) is 5.81. The van der Waals surface area contributed by atoms with E-state index in [1.165, 1.54) is 4.31 Å². The second kappa shape index (κ2) is 5.64. The summed E-state index contributed by atoms with van der Waals surface area (Å²) >= 11 is 1.66. The van der Waals surface area contributed by atoms with Crippen molar-refractivity contribution in [2.24, 2.45) is 0 Å². The first-order valence-electron chi connectivity index (χ1n) is 5.75. The lowest BCUT2D eigenvalue weighted by Crippen LogP contribution is -2.33. The van der Waals surface area contributed by atoms with Crippen LogP contribution in [0.25, 0.3) is 0 Å². The van der Waals surface area contributed by atoms with Crippen molar-refractivity contribution in [2.75, 3.05) is 30.3 Å². The van der Waals surface area contributed by atoms with Crippen molar-refractivity contribution >= 4 is 27.5 Å². The predicted octanol–water partition coefficient (Wildman–Crippen LogP) is 1.67. The molecule has 8 heteroatoms. The van der Waals surface area contributed by atoms with Gasteiger partial charge in [0.15, 0.2) is 0 Å². The van der Waals surface area contributed by atoms with Crippen molar-refractivity contribution in [3.63, 3.8) is 0 Å². The van der Waals surface area contributed by atoms with Gasteiger partial charge in [-0.1, -0.05) is 0 Å². The summed E-state index contributed by atoms with van der Waals surface area (Å²) in [4.78, 5) is -0.557. The summed E-state index contributed by atoms with van der Waals surface area (Å²) in [6.07, 6.45) is 0.711. The zero-order chi connectivity index (χ0) is 14.0. The van der Waals surface area contributed by atoms with Gasteiger partial charge in [-0.3, -0.25) is 0 Å². The summed E-state index contributed by atoms with van der Waals surface area (Å²) < 4.78 is 52.6. The molecule has 0 saturated carbocycles. The van der Waals surface area contributed by atoms with Gasteiger partial charge in [-0.15, -0.1) is 0 Å². The molecule has 1 heterocycles. The van der Waals surface area contributed by atoms with Crippen molar-refractivity contribution < 1.29 is 17.2 Å². The fourth-order valence-corrected chi connectivity index (χ4v) is 4.41. The molecule has 106 valence electrons. The normalized spacial score (nSPS) is 18.2. The lowest BCUT2D eigenvalue weighted by molar-refractivity contribution is 0.430. The monoisotopic (exact) mass is 308 g/mol. The Morgan fingerprint density at radius 2 is 1.89 bits per heavy atom. The van der Waals surface area contributed by atoms with Crippen LogP contribution < -0.4 is 5.73 Å². The molecule has 19 heavy (non-hydrogen) atoms. The van der Waals surface area contributed by atoms with Crippen LogP contribution in [0.1, 0.15) is 6.42 Å². The minimum absolute atomic E-state index is 0.323. The van der Waals surface area contributed by atoms with Crippen molar-refractivity contribution in [1.82, 2.24) is 4.31 Å². The van der Waals surface area contributed by atoms with Crippen molar-refractivity contribution in [3.8, 4) is 0 Å². The number of sulfonamides is 1. The molecule has 0 spiro atoms. The van der Waals surface area contributed by atoms with Gasteiger partial charge in [0.05, 0.1) is 5.69 Å². The van der Waals surface area contributed by atoms with Crippen LogP contribution in [0.2, 0.25) is 0 Å². The summed E-state index contributed by atoms with van der Waals surface area (Å²) in [6, 6.07) is 1.35. The third kappa shape index (κ3) is 3.01. The molecule has 2 rings (SSSR count). The Labute approximate surface area is 115 Å². The van der Waals surface area contributed by atoms with Crippen LogP contribution in [0.15, 0.2) is 17.0 Å². The highest BCUT2D eigenvalue weighted by molar-refractivity contribution is 7.99. The first kappa shape index (κ1) is 14.5. The largest absolute Gasteiger partial charge is 0.396 e. The molecule has 0 amide bonds. The zero-order valence-electron chi connectivity index (χ0n) is 10.1. The highest BCUT2D eigenvalue weighted by Crippen LogP contribution is 2.25. The molecule has 1 aromatic carbocycles. The number of thioether (sulfide) groups is 1. The highest BCUT2D eigenvalue weighted by Gasteiger charge is 2.29. The van der Waals surface area contributed by atoms with Crippen LogP contribution in [-0.4, -0.2) is 37.3 Å². The third-order valence-electron chi connectivity index (χ3n) is 2.85. The van der Waals surface area contributed by atoms with E-state index in [0.29, 0.717) is 31.3 Å². The minimum atomic E-state index is -3.96. The topological polar surface area (TPSA) is 63.4 Å².